The van der Waals surface area contributed by atoms with E-state index in [1.165, 1.54) is 0 Å². The van der Waals surface area contributed by atoms with Crippen LogP contribution in [0.3, 0.4) is 0 Å². The number of nitrogens with one attached hydrogen (secondary N) is 1. The van der Waals surface area contributed by atoms with Crippen LogP contribution in [0.5, 0.6) is 5.75 Å². The largest absolute Gasteiger partial charge is 0.497 e. The molecule has 24 heavy (non-hydrogen) atoms. The van der Waals surface area contributed by atoms with Crippen LogP contribution < -0.4 is 10.1 Å². The van der Waals surface area contributed by atoms with Crippen molar-refractivity contribution in [2.75, 3.05) is 7.11 Å². The van der Waals surface area contributed by atoms with Crippen LogP contribution in [0.4, 0.5) is 0 Å². The number of ether oxygens (including phenoxy) is 1. The first-order valence-corrected chi connectivity index (χ1v) is 7.74. The zero-order valence-corrected chi connectivity index (χ0v) is 13.8. The van der Waals surface area contributed by atoms with Crippen molar-refractivity contribution in [1.29, 1.82) is 0 Å². The van der Waals surface area contributed by atoms with Crippen molar-refractivity contribution in [2.45, 2.75) is 25.3 Å². The molecule has 0 aromatic heterocycles. The van der Waals surface area contributed by atoms with Gasteiger partial charge in [0.1, 0.15) is 11.3 Å². The topological polar surface area (TPSA) is 75.6 Å². The molecule has 0 saturated heterocycles. The molecule has 5 nitrogen and oxygen atoms in total. The summed E-state index contributed by atoms with van der Waals surface area (Å²) in [7, 11) is 1.57. The maximum absolute atomic E-state index is 12.4. The third-order valence-corrected chi connectivity index (χ3v) is 4.07. The van der Waals surface area contributed by atoms with Crippen molar-refractivity contribution in [1.82, 2.24) is 5.32 Å². The molecule has 0 aliphatic rings. The smallest absolute Gasteiger partial charge is 0.329 e. The molecule has 126 valence electrons. The number of amides is 1. The monoisotopic (exact) mass is 327 g/mol. The number of aliphatic carboxylic acids is 1. The molecule has 1 atom stereocenters. The number of carbonyl (C=O) groups is 2. The minimum atomic E-state index is -1.36. The molecule has 0 fully saturated rings. The first-order chi connectivity index (χ1) is 11.5. The number of carboxylic acid groups (broad SMARTS) is 1. The molecular formula is C19H21NO4. The summed E-state index contributed by atoms with van der Waals surface area (Å²) in [5.74, 6) is -0.747. The summed E-state index contributed by atoms with van der Waals surface area (Å²) >= 11 is 0. The molecule has 2 N–H and O–H groups in total. The van der Waals surface area contributed by atoms with Gasteiger partial charge in [-0.1, -0.05) is 37.3 Å². The van der Waals surface area contributed by atoms with E-state index in [0.717, 1.165) is 5.56 Å². The van der Waals surface area contributed by atoms with E-state index in [2.05, 4.69) is 5.32 Å². The molecule has 1 amide bonds. The van der Waals surface area contributed by atoms with Crippen LogP contribution in [0.25, 0.3) is 0 Å². The van der Waals surface area contributed by atoms with Crippen LogP contribution >= 0.6 is 0 Å². The van der Waals surface area contributed by atoms with Gasteiger partial charge in [0.15, 0.2) is 0 Å². The molecule has 0 radical (unpaired) electrons. The van der Waals surface area contributed by atoms with Crippen molar-refractivity contribution in [3.63, 3.8) is 0 Å². The Kier molecular flexibility index (Phi) is 5.58. The maximum Gasteiger partial charge on any atom is 0.329 e. The predicted octanol–water partition coefficient (Wildman–Crippen LogP) is 2.90. The predicted molar refractivity (Wildman–Crippen MR) is 91.3 cm³/mol. The lowest BCUT2D eigenvalue weighted by Gasteiger charge is -2.29. The summed E-state index contributed by atoms with van der Waals surface area (Å²) in [5.41, 5.74) is -0.110. The summed E-state index contributed by atoms with van der Waals surface area (Å²) in [6.45, 7) is 1.75. The normalized spacial score (nSPS) is 12.9. The maximum atomic E-state index is 12.4. The molecule has 0 unspecified atom stereocenters. The van der Waals surface area contributed by atoms with Crippen LogP contribution in [0.15, 0.2) is 54.6 Å². The van der Waals surface area contributed by atoms with Gasteiger partial charge in [0.2, 0.25) is 0 Å². The second-order valence-electron chi connectivity index (χ2n) is 5.59. The third kappa shape index (κ3) is 3.93. The second kappa shape index (κ2) is 7.64. The molecule has 2 aromatic rings. The Morgan fingerprint density at radius 1 is 1.08 bits per heavy atom. The average Bonchev–Trinajstić information content (AvgIpc) is 2.62. The van der Waals surface area contributed by atoms with Gasteiger partial charge < -0.3 is 15.2 Å². The standard InChI is InChI=1S/C19H21NO4/c1-3-19(18(22)23,13-14-9-11-16(24-2)12-10-14)20-17(21)15-7-5-4-6-8-15/h4-12H,3,13H2,1-2H3,(H,20,21)(H,22,23)/t19-/m0/s1. The molecule has 0 aliphatic heterocycles. The van der Waals surface area contributed by atoms with Crippen LogP contribution in [-0.2, 0) is 11.2 Å². The fourth-order valence-corrected chi connectivity index (χ4v) is 2.51. The Morgan fingerprint density at radius 2 is 1.71 bits per heavy atom. The number of hydrogen-bond acceptors (Lipinski definition) is 3. The number of rotatable bonds is 7. The van der Waals surface area contributed by atoms with Gasteiger partial charge in [-0.2, -0.15) is 0 Å². The summed E-state index contributed by atoms with van der Waals surface area (Å²) in [5, 5.41) is 12.4. The highest BCUT2D eigenvalue weighted by atomic mass is 16.5. The van der Waals surface area contributed by atoms with Gasteiger partial charge in [0, 0.05) is 12.0 Å². The van der Waals surface area contributed by atoms with Gasteiger partial charge in [0.05, 0.1) is 7.11 Å². The molecule has 0 aliphatic carbocycles. The van der Waals surface area contributed by atoms with E-state index in [0.29, 0.717) is 11.3 Å². The lowest BCUT2D eigenvalue weighted by Crippen LogP contribution is -2.55. The lowest BCUT2D eigenvalue weighted by atomic mass is 9.87. The van der Waals surface area contributed by atoms with Crippen LogP contribution in [-0.4, -0.2) is 29.6 Å². The highest BCUT2D eigenvalue weighted by molar-refractivity contribution is 5.97. The Balaban J connectivity index is 2.25. The van der Waals surface area contributed by atoms with Crippen LogP contribution in [0.2, 0.25) is 0 Å². The zero-order valence-electron chi connectivity index (χ0n) is 13.8. The van der Waals surface area contributed by atoms with Gasteiger partial charge in [0.25, 0.3) is 5.91 Å². The molecule has 2 aromatic carbocycles. The Hall–Kier alpha value is -2.82. The summed E-state index contributed by atoms with van der Waals surface area (Å²) < 4.78 is 5.11. The van der Waals surface area contributed by atoms with Crippen LogP contribution in [0, 0.1) is 0 Å². The highest BCUT2D eigenvalue weighted by Crippen LogP contribution is 2.21. The van der Waals surface area contributed by atoms with Gasteiger partial charge in [-0.3, -0.25) is 4.79 Å². The SMILES string of the molecule is CC[C@@](Cc1ccc(OC)cc1)(NC(=O)c1ccccc1)C(=O)O. The van der Waals surface area contributed by atoms with Crippen molar-refractivity contribution in [3.05, 3.63) is 65.7 Å². The minimum absolute atomic E-state index is 0.196. The van der Waals surface area contributed by atoms with Gasteiger partial charge in [-0.15, -0.1) is 0 Å². The van der Waals surface area contributed by atoms with Crippen molar-refractivity contribution >= 4 is 11.9 Å². The van der Waals surface area contributed by atoms with E-state index in [4.69, 9.17) is 4.74 Å². The van der Waals surface area contributed by atoms with E-state index in [1.54, 1.807) is 68.6 Å². The summed E-state index contributed by atoms with van der Waals surface area (Å²) in [6, 6.07) is 15.8. The van der Waals surface area contributed by atoms with Crippen molar-refractivity contribution in [3.8, 4) is 5.75 Å². The quantitative estimate of drug-likeness (QED) is 0.820. The molecule has 0 heterocycles. The summed E-state index contributed by atoms with van der Waals surface area (Å²) in [4.78, 5) is 24.3. The van der Waals surface area contributed by atoms with Gasteiger partial charge in [-0.05, 0) is 36.2 Å². The van der Waals surface area contributed by atoms with E-state index in [1.807, 2.05) is 0 Å². The third-order valence-electron chi connectivity index (χ3n) is 4.07. The van der Waals surface area contributed by atoms with Gasteiger partial charge in [-0.25, -0.2) is 4.79 Å². The lowest BCUT2D eigenvalue weighted by molar-refractivity contribution is -0.144. The average molecular weight is 327 g/mol. The number of carboxylic acids is 1. The fourth-order valence-electron chi connectivity index (χ4n) is 2.51. The number of carbonyl (C=O) groups excluding carboxylic acids is 1. The fraction of sp³-hybridized carbons (Fsp3) is 0.263. The Bertz CT molecular complexity index is 697. The molecule has 0 bridgehead atoms. The van der Waals surface area contributed by atoms with E-state index >= 15 is 0 Å². The number of hydrogen-bond donors (Lipinski definition) is 2. The minimum Gasteiger partial charge on any atom is -0.497 e. The molecule has 2 rings (SSSR count). The Labute approximate surface area is 141 Å². The van der Waals surface area contributed by atoms with E-state index in [9.17, 15) is 14.7 Å². The number of methoxy groups -OCH3 is 1. The summed E-state index contributed by atoms with van der Waals surface area (Å²) in [6.07, 6.45) is 0.467. The second-order valence-corrected chi connectivity index (χ2v) is 5.59. The van der Waals surface area contributed by atoms with Crippen LogP contribution in [0.1, 0.15) is 29.3 Å². The first kappa shape index (κ1) is 17.5. The molecular weight excluding hydrogens is 306 g/mol. The first-order valence-electron chi connectivity index (χ1n) is 7.74. The van der Waals surface area contributed by atoms with Crippen molar-refractivity contribution < 1.29 is 19.4 Å². The highest BCUT2D eigenvalue weighted by Gasteiger charge is 2.38. The molecule has 5 heteroatoms. The zero-order chi connectivity index (χ0) is 17.6. The molecule has 0 saturated carbocycles. The Morgan fingerprint density at radius 3 is 2.21 bits per heavy atom. The number of benzene rings is 2. The molecule has 0 spiro atoms. The van der Waals surface area contributed by atoms with E-state index in [-0.39, 0.29) is 12.8 Å². The van der Waals surface area contributed by atoms with E-state index < -0.39 is 17.4 Å². The van der Waals surface area contributed by atoms with Crippen molar-refractivity contribution in [2.24, 2.45) is 0 Å². The van der Waals surface area contributed by atoms with Gasteiger partial charge >= 0.3 is 5.97 Å².